The van der Waals surface area contributed by atoms with E-state index in [0.717, 1.165) is 37.6 Å². The Labute approximate surface area is 139 Å². The number of rotatable bonds is 6. The highest BCUT2D eigenvalue weighted by atomic mass is 16.5. The van der Waals surface area contributed by atoms with E-state index < -0.39 is 0 Å². The number of benzene rings is 1. The number of morpholine rings is 1. The van der Waals surface area contributed by atoms with Crippen LogP contribution in [0, 0.1) is 12.8 Å². The second kappa shape index (κ2) is 8.31. The molecule has 1 fully saturated rings. The third-order valence-corrected chi connectivity index (χ3v) is 4.01. The van der Waals surface area contributed by atoms with Crippen molar-refractivity contribution in [3.63, 3.8) is 0 Å². The summed E-state index contributed by atoms with van der Waals surface area (Å²) in [4.78, 5) is 14.7. The van der Waals surface area contributed by atoms with Crippen LogP contribution in [-0.4, -0.2) is 56.8 Å². The van der Waals surface area contributed by atoms with E-state index in [1.807, 2.05) is 19.1 Å². The Bertz CT molecular complexity index is 531. The third-order valence-electron chi connectivity index (χ3n) is 4.01. The Morgan fingerprint density at radius 3 is 2.96 bits per heavy atom. The molecule has 1 saturated heterocycles. The average Bonchev–Trinajstić information content (AvgIpc) is 2.53. The lowest BCUT2D eigenvalue weighted by Crippen LogP contribution is -2.48. The van der Waals surface area contributed by atoms with Crippen molar-refractivity contribution in [2.24, 2.45) is 5.92 Å². The summed E-state index contributed by atoms with van der Waals surface area (Å²) in [5.74, 6) is 1.28. The van der Waals surface area contributed by atoms with E-state index in [0.29, 0.717) is 18.0 Å². The van der Waals surface area contributed by atoms with Gasteiger partial charge in [0.2, 0.25) is 0 Å². The first kappa shape index (κ1) is 17.8. The van der Waals surface area contributed by atoms with E-state index in [1.165, 1.54) is 0 Å². The third kappa shape index (κ3) is 5.22. The van der Waals surface area contributed by atoms with E-state index in [2.05, 4.69) is 24.1 Å². The summed E-state index contributed by atoms with van der Waals surface area (Å²) in [6.07, 6.45) is 0.0544. The van der Waals surface area contributed by atoms with Gasteiger partial charge in [0.15, 0.2) is 0 Å². The number of carbonyl (C=O) groups is 1. The number of ether oxygens (including phenoxy) is 2. The molecule has 128 valence electrons. The van der Waals surface area contributed by atoms with Crippen molar-refractivity contribution in [2.75, 3.05) is 39.9 Å². The summed E-state index contributed by atoms with van der Waals surface area (Å²) in [7, 11) is 1.61. The fourth-order valence-electron chi connectivity index (χ4n) is 2.86. The summed E-state index contributed by atoms with van der Waals surface area (Å²) in [6.45, 7) is 10.6. The molecule has 1 aromatic rings. The molecule has 0 bridgehead atoms. The van der Waals surface area contributed by atoms with Crippen LogP contribution < -0.4 is 10.1 Å². The Morgan fingerprint density at radius 2 is 2.26 bits per heavy atom. The maximum Gasteiger partial charge on any atom is 0.251 e. The number of methoxy groups -OCH3 is 1. The van der Waals surface area contributed by atoms with Gasteiger partial charge < -0.3 is 14.8 Å². The highest BCUT2D eigenvalue weighted by molar-refractivity contribution is 5.94. The molecule has 0 spiro atoms. The summed E-state index contributed by atoms with van der Waals surface area (Å²) in [6, 6.07) is 5.49. The van der Waals surface area contributed by atoms with Crippen LogP contribution in [0.2, 0.25) is 0 Å². The van der Waals surface area contributed by atoms with Crippen molar-refractivity contribution < 1.29 is 14.3 Å². The minimum absolute atomic E-state index is 0.0544. The molecule has 1 heterocycles. The molecule has 1 N–H and O–H groups in total. The summed E-state index contributed by atoms with van der Waals surface area (Å²) in [5, 5.41) is 2.97. The number of amides is 1. The Balaban J connectivity index is 1.86. The number of nitrogens with one attached hydrogen (secondary N) is 1. The number of hydrogen-bond acceptors (Lipinski definition) is 4. The van der Waals surface area contributed by atoms with Crippen molar-refractivity contribution in [3.8, 4) is 5.75 Å². The molecule has 1 aliphatic heterocycles. The molecule has 5 heteroatoms. The molecule has 1 aliphatic rings. The fraction of sp³-hybridized carbons (Fsp3) is 0.611. The smallest absolute Gasteiger partial charge is 0.251 e. The largest absolute Gasteiger partial charge is 0.496 e. The first-order valence-electron chi connectivity index (χ1n) is 8.26. The highest BCUT2D eigenvalue weighted by Gasteiger charge is 2.21. The van der Waals surface area contributed by atoms with Crippen LogP contribution in [0.3, 0.4) is 0 Å². The van der Waals surface area contributed by atoms with E-state index >= 15 is 0 Å². The molecular weight excluding hydrogens is 292 g/mol. The lowest BCUT2D eigenvalue weighted by molar-refractivity contribution is -0.0295. The summed E-state index contributed by atoms with van der Waals surface area (Å²) in [5.41, 5.74) is 1.63. The molecular formula is C18H28N2O3. The molecule has 0 radical (unpaired) electrons. The maximum absolute atomic E-state index is 12.3. The predicted molar refractivity (Wildman–Crippen MR) is 91.1 cm³/mol. The van der Waals surface area contributed by atoms with Crippen LogP contribution in [0.1, 0.15) is 29.8 Å². The molecule has 23 heavy (non-hydrogen) atoms. The van der Waals surface area contributed by atoms with Crippen LogP contribution in [0.25, 0.3) is 0 Å². The zero-order valence-corrected chi connectivity index (χ0v) is 14.6. The lowest BCUT2D eigenvalue weighted by atomic mass is 10.1. The maximum atomic E-state index is 12.3. The monoisotopic (exact) mass is 320 g/mol. The van der Waals surface area contributed by atoms with Crippen molar-refractivity contribution >= 4 is 5.91 Å². The quantitative estimate of drug-likeness (QED) is 0.872. The van der Waals surface area contributed by atoms with Gasteiger partial charge in [-0.25, -0.2) is 0 Å². The van der Waals surface area contributed by atoms with Gasteiger partial charge in [-0.3, -0.25) is 9.69 Å². The molecule has 2 rings (SSSR count). The topological polar surface area (TPSA) is 50.8 Å². The molecule has 1 unspecified atom stereocenters. The lowest BCUT2D eigenvalue weighted by Gasteiger charge is -2.33. The van der Waals surface area contributed by atoms with Crippen molar-refractivity contribution in [1.82, 2.24) is 10.2 Å². The van der Waals surface area contributed by atoms with E-state index in [4.69, 9.17) is 9.47 Å². The van der Waals surface area contributed by atoms with Crippen molar-refractivity contribution in [1.29, 1.82) is 0 Å². The fourth-order valence-corrected chi connectivity index (χ4v) is 2.86. The summed E-state index contributed by atoms with van der Waals surface area (Å²) < 4.78 is 11.0. The molecule has 0 aliphatic carbocycles. The molecule has 1 aromatic carbocycles. The first-order chi connectivity index (χ1) is 11.0. The molecule has 5 nitrogen and oxygen atoms in total. The Morgan fingerprint density at radius 1 is 1.48 bits per heavy atom. The van der Waals surface area contributed by atoms with Gasteiger partial charge in [0.1, 0.15) is 5.75 Å². The molecule has 1 atom stereocenters. The van der Waals surface area contributed by atoms with Crippen LogP contribution in [-0.2, 0) is 4.74 Å². The van der Waals surface area contributed by atoms with Crippen LogP contribution >= 0.6 is 0 Å². The predicted octanol–water partition coefficient (Wildman–Crippen LogP) is 2.09. The van der Waals surface area contributed by atoms with Gasteiger partial charge in [-0.1, -0.05) is 19.9 Å². The van der Waals surface area contributed by atoms with Gasteiger partial charge >= 0.3 is 0 Å². The average molecular weight is 320 g/mol. The Kier molecular flexibility index (Phi) is 6.42. The molecule has 1 amide bonds. The van der Waals surface area contributed by atoms with Crippen molar-refractivity contribution in [3.05, 3.63) is 29.3 Å². The van der Waals surface area contributed by atoms with Gasteiger partial charge in [0.25, 0.3) is 5.91 Å². The number of carbonyl (C=O) groups excluding carboxylic acids is 1. The minimum Gasteiger partial charge on any atom is -0.496 e. The zero-order chi connectivity index (χ0) is 16.8. The van der Waals surface area contributed by atoms with Gasteiger partial charge in [-0.2, -0.15) is 0 Å². The Hall–Kier alpha value is -1.59. The summed E-state index contributed by atoms with van der Waals surface area (Å²) >= 11 is 0. The van der Waals surface area contributed by atoms with Gasteiger partial charge in [0.05, 0.1) is 19.8 Å². The van der Waals surface area contributed by atoms with Crippen LogP contribution in [0.5, 0.6) is 5.75 Å². The highest BCUT2D eigenvalue weighted by Crippen LogP contribution is 2.18. The normalized spacial score (nSPS) is 18.9. The number of aryl methyl sites for hydroxylation is 1. The zero-order valence-electron chi connectivity index (χ0n) is 14.6. The second-order valence-electron chi connectivity index (χ2n) is 6.54. The van der Waals surface area contributed by atoms with Gasteiger partial charge in [-0.05, 0) is 30.5 Å². The molecule has 0 aromatic heterocycles. The van der Waals surface area contributed by atoms with Gasteiger partial charge in [0, 0.05) is 31.7 Å². The first-order valence-corrected chi connectivity index (χ1v) is 8.26. The number of hydrogen-bond donors (Lipinski definition) is 1. The number of nitrogens with zero attached hydrogens (tertiary/aromatic N) is 1. The van der Waals surface area contributed by atoms with E-state index in [1.54, 1.807) is 13.2 Å². The minimum atomic E-state index is -0.0899. The van der Waals surface area contributed by atoms with Gasteiger partial charge in [-0.15, -0.1) is 0 Å². The van der Waals surface area contributed by atoms with E-state index in [-0.39, 0.29) is 12.0 Å². The second-order valence-corrected chi connectivity index (χ2v) is 6.54. The van der Waals surface area contributed by atoms with E-state index in [9.17, 15) is 4.79 Å². The van der Waals surface area contributed by atoms with Crippen LogP contribution in [0.15, 0.2) is 18.2 Å². The standard InChI is InChI=1S/C18H28N2O3/c1-13(2)11-20-7-8-23-16(12-20)10-19-18(21)15-6-5-14(3)17(9-15)22-4/h5-6,9,13,16H,7-8,10-12H2,1-4H3,(H,19,21). The van der Waals surface area contributed by atoms with Crippen molar-refractivity contribution in [2.45, 2.75) is 26.9 Å². The SMILES string of the molecule is COc1cc(C(=O)NCC2CN(CC(C)C)CCO2)ccc1C. The van der Waals surface area contributed by atoms with Crippen LogP contribution in [0.4, 0.5) is 0 Å². The molecule has 0 saturated carbocycles.